The van der Waals surface area contributed by atoms with Crippen molar-refractivity contribution in [3.63, 3.8) is 0 Å². The van der Waals surface area contributed by atoms with Crippen molar-refractivity contribution in [2.75, 3.05) is 6.61 Å². The van der Waals surface area contributed by atoms with Gasteiger partial charge in [-0.15, -0.1) is 0 Å². The van der Waals surface area contributed by atoms with E-state index in [9.17, 15) is 4.79 Å². The van der Waals surface area contributed by atoms with E-state index >= 15 is 0 Å². The molecule has 0 bridgehead atoms. The average Bonchev–Trinajstić information content (AvgIpc) is 2.49. The standard InChI is InChI=1S/C15H16N2O3/c1-3-11-5-6-13(7-14(11)19-4-2)20-15(18)12-8-16-10-17-9-12/h5-10H,3-4H2,1-2H3. The van der Waals surface area contributed by atoms with Crippen LogP contribution in [0.4, 0.5) is 0 Å². The summed E-state index contributed by atoms with van der Waals surface area (Å²) in [7, 11) is 0. The molecular weight excluding hydrogens is 256 g/mol. The highest BCUT2D eigenvalue weighted by Gasteiger charge is 2.11. The van der Waals surface area contributed by atoms with Gasteiger partial charge in [0.1, 0.15) is 17.8 Å². The molecule has 2 aromatic rings. The van der Waals surface area contributed by atoms with Gasteiger partial charge in [0.2, 0.25) is 0 Å². The molecule has 0 saturated heterocycles. The van der Waals surface area contributed by atoms with Crippen molar-refractivity contribution < 1.29 is 14.3 Å². The minimum absolute atomic E-state index is 0.310. The lowest BCUT2D eigenvalue weighted by Crippen LogP contribution is -2.09. The quantitative estimate of drug-likeness (QED) is 0.618. The van der Waals surface area contributed by atoms with Crippen LogP contribution in [0.1, 0.15) is 29.8 Å². The molecule has 0 spiro atoms. The van der Waals surface area contributed by atoms with Gasteiger partial charge >= 0.3 is 5.97 Å². The number of esters is 1. The topological polar surface area (TPSA) is 61.3 Å². The monoisotopic (exact) mass is 272 g/mol. The minimum atomic E-state index is -0.489. The van der Waals surface area contributed by atoms with Gasteiger partial charge in [0.05, 0.1) is 12.2 Å². The number of aryl methyl sites for hydroxylation is 1. The molecule has 2 rings (SSSR count). The molecule has 0 amide bonds. The third-order valence-electron chi connectivity index (χ3n) is 2.73. The van der Waals surface area contributed by atoms with Crippen LogP contribution >= 0.6 is 0 Å². The Hall–Kier alpha value is -2.43. The molecule has 0 unspecified atom stereocenters. The van der Waals surface area contributed by atoms with E-state index in [-0.39, 0.29) is 0 Å². The van der Waals surface area contributed by atoms with Crippen LogP contribution in [0, 0.1) is 0 Å². The zero-order valence-corrected chi connectivity index (χ0v) is 11.5. The van der Waals surface area contributed by atoms with Gasteiger partial charge in [0.15, 0.2) is 0 Å². The second kappa shape index (κ2) is 6.65. The smallest absolute Gasteiger partial charge is 0.346 e. The van der Waals surface area contributed by atoms with E-state index < -0.39 is 5.97 Å². The van der Waals surface area contributed by atoms with Crippen LogP contribution in [-0.4, -0.2) is 22.5 Å². The first-order valence-electron chi connectivity index (χ1n) is 6.47. The highest BCUT2D eigenvalue weighted by Crippen LogP contribution is 2.26. The largest absolute Gasteiger partial charge is 0.493 e. The molecule has 5 heteroatoms. The molecule has 0 fully saturated rings. The second-order valence-corrected chi connectivity index (χ2v) is 4.07. The van der Waals surface area contributed by atoms with E-state index in [0.29, 0.717) is 17.9 Å². The first-order chi connectivity index (χ1) is 9.74. The number of rotatable bonds is 5. The maximum atomic E-state index is 11.9. The average molecular weight is 272 g/mol. The Morgan fingerprint density at radius 3 is 2.60 bits per heavy atom. The van der Waals surface area contributed by atoms with Crippen LogP contribution in [0.15, 0.2) is 36.9 Å². The summed E-state index contributed by atoms with van der Waals surface area (Å²) < 4.78 is 10.8. The Kier molecular flexibility index (Phi) is 4.65. The zero-order valence-electron chi connectivity index (χ0n) is 11.5. The second-order valence-electron chi connectivity index (χ2n) is 4.07. The predicted octanol–water partition coefficient (Wildman–Crippen LogP) is 2.66. The third kappa shape index (κ3) is 3.32. The van der Waals surface area contributed by atoms with Gasteiger partial charge in [-0.1, -0.05) is 13.0 Å². The number of hydrogen-bond acceptors (Lipinski definition) is 5. The molecular formula is C15H16N2O3. The molecule has 5 nitrogen and oxygen atoms in total. The molecule has 0 aliphatic rings. The Morgan fingerprint density at radius 1 is 1.20 bits per heavy atom. The Bertz CT molecular complexity index is 585. The summed E-state index contributed by atoms with van der Waals surface area (Å²) in [6, 6.07) is 5.38. The maximum absolute atomic E-state index is 11.9. The number of carbonyl (C=O) groups is 1. The minimum Gasteiger partial charge on any atom is -0.493 e. The van der Waals surface area contributed by atoms with Crippen molar-refractivity contribution >= 4 is 5.97 Å². The summed E-state index contributed by atoms with van der Waals surface area (Å²) >= 11 is 0. The highest BCUT2D eigenvalue weighted by atomic mass is 16.5. The van der Waals surface area contributed by atoms with E-state index in [1.807, 2.05) is 19.9 Å². The Morgan fingerprint density at radius 2 is 1.95 bits per heavy atom. The van der Waals surface area contributed by atoms with Gasteiger partial charge in [0.25, 0.3) is 0 Å². The van der Waals surface area contributed by atoms with E-state index in [1.165, 1.54) is 18.7 Å². The molecule has 1 heterocycles. The maximum Gasteiger partial charge on any atom is 0.346 e. The molecule has 1 aromatic carbocycles. The number of ether oxygens (including phenoxy) is 2. The van der Waals surface area contributed by atoms with Crippen molar-refractivity contribution in [2.24, 2.45) is 0 Å². The molecule has 0 aliphatic heterocycles. The molecule has 0 aliphatic carbocycles. The van der Waals surface area contributed by atoms with Gasteiger partial charge in [-0.05, 0) is 25.0 Å². The SMILES string of the molecule is CCOc1cc(OC(=O)c2cncnc2)ccc1CC. The zero-order chi connectivity index (χ0) is 14.4. The summed E-state index contributed by atoms with van der Waals surface area (Å²) in [5.74, 6) is 0.696. The van der Waals surface area contributed by atoms with Gasteiger partial charge < -0.3 is 9.47 Å². The number of carbonyl (C=O) groups excluding carboxylic acids is 1. The molecule has 0 radical (unpaired) electrons. The summed E-state index contributed by atoms with van der Waals surface area (Å²) in [5.41, 5.74) is 1.39. The molecule has 0 N–H and O–H groups in total. The van der Waals surface area contributed by atoms with E-state index in [4.69, 9.17) is 9.47 Å². The number of benzene rings is 1. The number of hydrogen-bond donors (Lipinski definition) is 0. The van der Waals surface area contributed by atoms with Gasteiger partial charge in [-0.3, -0.25) is 0 Å². The van der Waals surface area contributed by atoms with E-state index in [0.717, 1.165) is 17.7 Å². The van der Waals surface area contributed by atoms with Crippen molar-refractivity contribution in [3.8, 4) is 11.5 Å². The number of nitrogens with zero attached hydrogens (tertiary/aromatic N) is 2. The molecule has 20 heavy (non-hydrogen) atoms. The fraction of sp³-hybridized carbons (Fsp3) is 0.267. The van der Waals surface area contributed by atoms with E-state index in [1.54, 1.807) is 12.1 Å². The predicted molar refractivity (Wildman–Crippen MR) is 74.0 cm³/mol. The summed E-state index contributed by atoms with van der Waals surface area (Å²) in [5, 5.41) is 0. The lowest BCUT2D eigenvalue weighted by atomic mass is 10.1. The van der Waals surface area contributed by atoms with Crippen molar-refractivity contribution in [1.82, 2.24) is 9.97 Å². The molecule has 0 atom stereocenters. The molecule has 104 valence electrons. The Balaban J connectivity index is 2.17. The summed E-state index contributed by atoms with van der Waals surface area (Å²) in [4.78, 5) is 19.5. The van der Waals surface area contributed by atoms with Crippen LogP contribution in [0.25, 0.3) is 0 Å². The van der Waals surface area contributed by atoms with Gasteiger partial charge in [-0.2, -0.15) is 0 Å². The lowest BCUT2D eigenvalue weighted by Gasteiger charge is -2.11. The van der Waals surface area contributed by atoms with Crippen molar-refractivity contribution in [3.05, 3.63) is 48.0 Å². The van der Waals surface area contributed by atoms with Crippen LogP contribution < -0.4 is 9.47 Å². The lowest BCUT2D eigenvalue weighted by molar-refractivity contribution is 0.0733. The molecule has 0 saturated carbocycles. The fourth-order valence-corrected chi connectivity index (χ4v) is 1.75. The van der Waals surface area contributed by atoms with Crippen molar-refractivity contribution in [1.29, 1.82) is 0 Å². The Labute approximate surface area is 117 Å². The van der Waals surface area contributed by atoms with Crippen molar-refractivity contribution in [2.45, 2.75) is 20.3 Å². The molecule has 1 aromatic heterocycles. The van der Waals surface area contributed by atoms with Crippen LogP contribution in [-0.2, 0) is 6.42 Å². The fourth-order valence-electron chi connectivity index (χ4n) is 1.75. The van der Waals surface area contributed by atoms with Crippen LogP contribution in [0.2, 0.25) is 0 Å². The highest BCUT2D eigenvalue weighted by molar-refractivity contribution is 5.90. The van der Waals surface area contributed by atoms with Crippen LogP contribution in [0.3, 0.4) is 0 Å². The normalized spacial score (nSPS) is 10.1. The summed E-state index contributed by atoms with van der Waals surface area (Å²) in [6.45, 7) is 4.53. The summed E-state index contributed by atoms with van der Waals surface area (Å²) in [6.07, 6.45) is 5.05. The van der Waals surface area contributed by atoms with Gasteiger partial charge in [-0.25, -0.2) is 14.8 Å². The first kappa shape index (κ1) is 14.0. The first-order valence-corrected chi connectivity index (χ1v) is 6.47. The third-order valence-corrected chi connectivity index (χ3v) is 2.73. The van der Waals surface area contributed by atoms with Crippen LogP contribution in [0.5, 0.6) is 11.5 Å². The van der Waals surface area contributed by atoms with E-state index in [2.05, 4.69) is 9.97 Å². The number of aromatic nitrogens is 2. The van der Waals surface area contributed by atoms with Gasteiger partial charge in [0, 0.05) is 18.5 Å².